The summed E-state index contributed by atoms with van der Waals surface area (Å²) in [5.41, 5.74) is 1.72. The van der Waals surface area contributed by atoms with Gasteiger partial charge in [0.05, 0.1) is 6.10 Å². The monoisotopic (exact) mass is 358 g/mol. The van der Waals surface area contributed by atoms with E-state index in [0.717, 1.165) is 18.4 Å². The smallest absolute Gasteiger partial charge is 0.322 e. The Hall–Kier alpha value is -2.87. The molecule has 0 bridgehead atoms. The molecule has 0 radical (unpaired) electrons. The molecule has 1 aromatic heterocycles. The quantitative estimate of drug-likeness (QED) is 0.827. The molecule has 1 fully saturated rings. The Balaban J connectivity index is 1.65. The van der Waals surface area contributed by atoms with Crippen LogP contribution in [0.5, 0.6) is 0 Å². The van der Waals surface area contributed by atoms with Gasteiger partial charge in [-0.25, -0.2) is 4.79 Å². The van der Waals surface area contributed by atoms with Crippen molar-refractivity contribution in [2.45, 2.75) is 25.9 Å². The van der Waals surface area contributed by atoms with Gasteiger partial charge < -0.3 is 24.8 Å². The minimum absolute atomic E-state index is 0.0573. The molecule has 0 aliphatic carbocycles. The molecule has 8 nitrogen and oxygen atoms in total. The number of nitrogens with zero attached hydrogens (tertiary/aromatic N) is 2. The lowest BCUT2D eigenvalue weighted by atomic mass is 10.2. The summed E-state index contributed by atoms with van der Waals surface area (Å²) in [7, 11) is 0. The van der Waals surface area contributed by atoms with Crippen LogP contribution in [0.3, 0.4) is 0 Å². The van der Waals surface area contributed by atoms with Gasteiger partial charge in [-0.1, -0.05) is 17.3 Å². The summed E-state index contributed by atoms with van der Waals surface area (Å²) in [6, 6.07) is 8.69. The van der Waals surface area contributed by atoms with Gasteiger partial charge in [0.15, 0.2) is 5.82 Å². The first-order valence-corrected chi connectivity index (χ1v) is 8.54. The van der Waals surface area contributed by atoms with Crippen molar-refractivity contribution < 1.29 is 18.8 Å². The van der Waals surface area contributed by atoms with E-state index in [0.29, 0.717) is 24.7 Å². The van der Waals surface area contributed by atoms with Gasteiger partial charge in [0.25, 0.3) is 0 Å². The summed E-state index contributed by atoms with van der Waals surface area (Å²) in [5.74, 6) is -0.0394. The molecule has 1 aliphatic heterocycles. The van der Waals surface area contributed by atoms with Crippen molar-refractivity contribution in [3.63, 3.8) is 0 Å². The molecule has 26 heavy (non-hydrogen) atoms. The normalized spacial score (nSPS) is 16.3. The Morgan fingerprint density at radius 2 is 2.19 bits per heavy atom. The highest BCUT2D eigenvalue weighted by atomic mass is 16.5. The zero-order valence-electron chi connectivity index (χ0n) is 14.6. The van der Waals surface area contributed by atoms with Crippen molar-refractivity contribution in [3.8, 4) is 0 Å². The third-order valence-electron chi connectivity index (χ3n) is 4.04. The number of hydrogen-bond acceptors (Lipinski definition) is 5. The molecule has 3 amide bonds. The van der Waals surface area contributed by atoms with Crippen LogP contribution < -0.4 is 10.6 Å². The zero-order chi connectivity index (χ0) is 18.4. The number of benzene rings is 1. The van der Waals surface area contributed by atoms with E-state index in [1.165, 1.54) is 17.2 Å². The first-order chi connectivity index (χ1) is 12.6. The molecule has 1 unspecified atom stereocenters. The number of urea groups is 1. The molecule has 0 spiro atoms. The zero-order valence-corrected chi connectivity index (χ0v) is 14.6. The molecule has 1 aromatic carbocycles. The van der Waals surface area contributed by atoms with Crippen LogP contribution in [0.1, 0.15) is 18.4 Å². The summed E-state index contributed by atoms with van der Waals surface area (Å²) in [5, 5.41) is 9.08. The van der Waals surface area contributed by atoms with Crippen LogP contribution in [0, 0.1) is 6.92 Å². The summed E-state index contributed by atoms with van der Waals surface area (Å²) in [6.45, 7) is 2.88. The van der Waals surface area contributed by atoms with E-state index in [1.54, 1.807) is 0 Å². The lowest BCUT2D eigenvalue weighted by Gasteiger charge is -2.25. The van der Waals surface area contributed by atoms with Crippen LogP contribution in [0.2, 0.25) is 0 Å². The van der Waals surface area contributed by atoms with Crippen molar-refractivity contribution in [2.75, 3.05) is 30.3 Å². The van der Waals surface area contributed by atoms with E-state index in [-0.39, 0.29) is 24.6 Å². The van der Waals surface area contributed by atoms with Crippen LogP contribution >= 0.6 is 0 Å². The fourth-order valence-electron chi connectivity index (χ4n) is 2.81. The van der Waals surface area contributed by atoms with E-state index in [1.807, 2.05) is 31.2 Å². The lowest BCUT2D eigenvalue weighted by molar-refractivity contribution is -0.117. The molecule has 2 N–H and O–H groups in total. The van der Waals surface area contributed by atoms with Crippen molar-refractivity contribution in [2.24, 2.45) is 0 Å². The second kappa shape index (κ2) is 8.48. The highest BCUT2D eigenvalue weighted by molar-refractivity contribution is 5.96. The van der Waals surface area contributed by atoms with Gasteiger partial charge in [0.1, 0.15) is 12.8 Å². The number of amides is 3. The van der Waals surface area contributed by atoms with Crippen molar-refractivity contribution >= 4 is 23.4 Å². The van der Waals surface area contributed by atoms with Gasteiger partial charge in [-0.3, -0.25) is 4.79 Å². The van der Waals surface area contributed by atoms with Gasteiger partial charge in [-0.05, 0) is 37.5 Å². The summed E-state index contributed by atoms with van der Waals surface area (Å²) < 4.78 is 10.3. The Bertz CT molecular complexity index is 741. The number of aryl methyl sites for hydroxylation is 1. The predicted molar refractivity (Wildman–Crippen MR) is 95.9 cm³/mol. The molecule has 8 heteroatoms. The van der Waals surface area contributed by atoms with Crippen molar-refractivity contribution in [3.05, 3.63) is 42.2 Å². The molecule has 3 rings (SSSR count). The van der Waals surface area contributed by atoms with Crippen LogP contribution in [0.15, 0.2) is 41.1 Å². The summed E-state index contributed by atoms with van der Waals surface area (Å²) in [4.78, 5) is 26.4. The van der Waals surface area contributed by atoms with Crippen LogP contribution in [0.25, 0.3) is 0 Å². The van der Waals surface area contributed by atoms with Gasteiger partial charge in [0.2, 0.25) is 5.91 Å². The second-order valence-corrected chi connectivity index (χ2v) is 6.25. The third kappa shape index (κ3) is 5.06. The second-order valence-electron chi connectivity index (χ2n) is 6.25. The third-order valence-corrected chi connectivity index (χ3v) is 4.04. The fourth-order valence-corrected chi connectivity index (χ4v) is 2.81. The summed E-state index contributed by atoms with van der Waals surface area (Å²) >= 11 is 0. The van der Waals surface area contributed by atoms with Crippen LogP contribution in [-0.4, -0.2) is 47.8 Å². The molecule has 2 heterocycles. The van der Waals surface area contributed by atoms with Gasteiger partial charge >= 0.3 is 6.03 Å². The number of rotatable bonds is 6. The largest absolute Gasteiger partial charge is 0.376 e. The topological polar surface area (TPSA) is 96.7 Å². The molecule has 0 saturated carbocycles. The number of nitrogens with one attached hydrogen (secondary N) is 2. The van der Waals surface area contributed by atoms with Crippen molar-refractivity contribution in [1.82, 2.24) is 10.1 Å². The highest BCUT2D eigenvalue weighted by Gasteiger charge is 2.24. The number of carbonyl (C=O) groups excluding carboxylic acids is 2. The molecular formula is C18H22N4O4. The number of ether oxygens (including phenoxy) is 1. The standard InChI is InChI=1S/C18H22N4O4/c1-13-4-2-5-14(10-13)19-18(24)22(11-15-6-3-8-25-15)12-17(23)20-16-7-9-26-21-16/h2,4-5,7,9-10,15H,3,6,8,11-12H2,1H3,(H,19,24)(H,20,21,23). The highest BCUT2D eigenvalue weighted by Crippen LogP contribution is 2.15. The average Bonchev–Trinajstić information content (AvgIpc) is 3.28. The van der Waals surface area contributed by atoms with Gasteiger partial charge in [-0.2, -0.15) is 0 Å². The number of carbonyl (C=O) groups is 2. The fraction of sp³-hybridized carbons (Fsp3) is 0.389. The first kappa shape index (κ1) is 17.9. The van der Waals surface area contributed by atoms with Gasteiger partial charge in [-0.15, -0.1) is 0 Å². The Morgan fingerprint density at radius 3 is 2.88 bits per heavy atom. The van der Waals surface area contributed by atoms with E-state index in [9.17, 15) is 9.59 Å². The first-order valence-electron chi connectivity index (χ1n) is 8.54. The molecule has 1 saturated heterocycles. The Labute approximate surface area is 151 Å². The SMILES string of the molecule is Cc1cccc(NC(=O)N(CC(=O)Nc2ccon2)CC2CCCO2)c1. The number of hydrogen-bond donors (Lipinski definition) is 2. The molecule has 1 aliphatic rings. The van der Waals surface area contributed by atoms with E-state index in [4.69, 9.17) is 4.74 Å². The van der Waals surface area contributed by atoms with Crippen molar-refractivity contribution in [1.29, 1.82) is 0 Å². The number of aromatic nitrogens is 1. The van der Waals surface area contributed by atoms with Crippen LogP contribution in [-0.2, 0) is 9.53 Å². The van der Waals surface area contributed by atoms with E-state index >= 15 is 0 Å². The maximum atomic E-state index is 12.7. The summed E-state index contributed by atoms with van der Waals surface area (Å²) in [6.07, 6.45) is 3.14. The predicted octanol–water partition coefficient (Wildman–Crippen LogP) is 2.63. The number of anilines is 2. The maximum Gasteiger partial charge on any atom is 0.322 e. The van der Waals surface area contributed by atoms with Crippen LogP contribution in [0.4, 0.5) is 16.3 Å². The van der Waals surface area contributed by atoms with E-state index in [2.05, 4.69) is 20.3 Å². The van der Waals surface area contributed by atoms with Gasteiger partial charge in [0, 0.05) is 24.9 Å². The molecular weight excluding hydrogens is 336 g/mol. The minimum atomic E-state index is -0.351. The molecule has 1 atom stereocenters. The minimum Gasteiger partial charge on any atom is -0.376 e. The molecule has 138 valence electrons. The Morgan fingerprint density at radius 1 is 1.31 bits per heavy atom. The molecule has 2 aromatic rings. The Kier molecular flexibility index (Phi) is 5.85. The van der Waals surface area contributed by atoms with E-state index < -0.39 is 0 Å². The maximum absolute atomic E-state index is 12.7. The lowest BCUT2D eigenvalue weighted by Crippen LogP contribution is -2.44. The average molecular weight is 358 g/mol.